The van der Waals surface area contributed by atoms with Gasteiger partial charge in [0.1, 0.15) is 10.6 Å². The smallest absolute Gasteiger partial charge is 0.265 e. The number of anilines is 3. The minimum absolute atomic E-state index is 0.0310. The molecule has 7 nitrogen and oxygen atoms in total. The van der Waals surface area contributed by atoms with Gasteiger partial charge in [-0.3, -0.25) is 4.79 Å². The van der Waals surface area contributed by atoms with Crippen LogP contribution in [0.2, 0.25) is 0 Å². The van der Waals surface area contributed by atoms with Gasteiger partial charge in [0.2, 0.25) is 0 Å². The lowest BCUT2D eigenvalue weighted by molar-refractivity contribution is -0.0654. The Bertz CT molecular complexity index is 1120. The highest BCUT2D eigenvalue weighted by atomic mass is 32.1. The third-order valence-corrected chi connectivity index (χ3v) is 6.26. The Labute approximate surface area is 180 Å². The molecule has 0 saturated heterocycles. The second-order valence-electron chi connectivity index (χ2n) is 7.38. The molecule has 3 aromatic rings. The average Bonchev–Trinajstić information content (AvgIpc) is 3.12. The summed E-state index contributed by atoms with van der Waals surface area (Å²) < 4.78 is 43.3. The summed E-state index contributed by atoms with van der Waals surface area (Å²) in [4.78, 5) is 21.1. The van der Waals surface area contributed by atoms with E-state index < -0.39 is 29.7 Å². The number of carbonyl (C=O) groups is 1. The fraction of sp³-hybridized carbons (Fsp3) is 0.350. The van der Waals surface area contributed by atoms with E-state index in [9.17, 15) is 18.0 Å². The van der Waals surface area contributed by atoms with Crippen molar-refractivity contribution in [3.8, 4) is 0 Å². The number of nitrogens with zero attached hydrogens (tertiary/aromatic N) is 2. The largest absolute Gasteiger partial charge is 0.365 e. The van der Waals surface area contributed by atoms with E-state index in [1.54, 1.807) is 17.6 Å². The number of aromatic nitrogens is 2. The number of primary amides is 1. The number of alkyl halides is 2. The van der Waals surface area contributed by atoms with Gasteiger partial charge in [0.25, 0.3) is 11.8 Å². The molecule has 1 amide bonds. The number of fused-ring (bicyclic) bond motifs is 1. The quantitative estimate of drug-likeness (QED) is 0.455. The van der Waals surface area contributed by atoms with Crippen molar-refractivity contribution >= 4 is 44.8 Å². The van der Waals surface area contributed by atoms with Crippen LogP contribution < -0.4 is 21.7 Å². The van der Waals surface area contributed by atoms with Crippen LogP contribution in [0.25, 0.3) is 10.2 Å². The van der Waals surface area contributed by atoms with E-state index in [1.807, 2.05) is 6.07 Å². The van der Waals surface area contributed by atoms with Crippen molar-refractivity contribution in [3.05, 3.63) is 41.2 Å². The molecule has 11 heteroatoms. The zero-order valence-corrected chi connectivity index (χ0v) is 17.4. The van der Waals surface area contributed by atoms with Crippen molar-refractivity contribution in [1.82, 2.24) is 15.3 Å². The third-order valence-electron chi connectivity index (χ3n) is 5.36. The maximum atomic E-state index is 14.7. The summed E-state index contributed by atoms with van der Waals surface area (Å²) in [7, 11) is 1.45. The van der Waals surface area contributed by atoms with Gasteiger partial charge in [-0.15, -0.1) is 11.3 Å². The van der Waals surface area contributed by atoms with Crippen LogP contribution in [-0.2, 0) is 0 Å². The van der Waals surface area contributed by atoms with Crippen LogP contribution in [0.4, 0.5) is 30.5 Å². The van der Waals surface area contributed by atoms with Crippen LogP contribution in [0.1, 0.15) is 29.6 Å². The Morgan fingerprint density at radius 2 is 2.16 bits per heavy atom. The van der Waals surface area contributed by atoms with Gasteiger partial charge in [-0.05, 0) is 38.1 Å². The number of thiophene rings is 1. The number of pyridine rings is 2. The number of rotatable bonds is 6. The lowest BCUT2D eigenvalue weighted by Gasteiger charge is -2.38. The molecular weight excluding hydrogens is 429 g/mol. The highest BCUT2D eigenvalue weighted by Crippen LogP contribution is 2.36. The minimum Gasteiger partial charge on any atom is -0.365 e. The average molecular weight is 450 g/mol. The normalized spacial score (nSPS) is 20.5. The van der Waals surface area contributed by atoms with Gasteiger partial charge < -0.3 is 21.7 Å². The second kappa shape index (κ2) is 8.31. The number of nitrogens with two attached hydrogens (primary N) is 1. The number of nitrogens with one attached hydrogen (secondary N) is 3. The van der Waals surface area contributed by atoms with Crippen LogP contribution in [0, 0.1) is 5.82 Å². The lowest BCUT2D eigenvalue weighted by atomic mass is 9.87. The van der Waals surface area contributed by atoms with E-state index in [-0.39, 0.29) is 23.6 Å². The van der Waals surface area contributed by atoms with E-state index >= 15 is 0 Å². The van der Waals surface area contributed by atoms with Crippen LogP contribution in [0.15, 0.2) is 29.8 Å². The van der Waals surface area contributed by atoms with Crippen molar-refractivity contribution in [3.63, 3.8) is 0 Å². The van der Waals surface area contributed by atoms with E-state index in [4.69, 9.17) is 5.73 Å². The van der Waals surface area contributed by atoms with Crippen molar-refractivity contribution in [2.45, 2.75) is 37.3 Å². The third kappa shape index (κ3) is 4.15. The van der Waals surface area contributed by atoms with Crippen LogP contribution in [0.5, 0.6) is 0 Å². The summed E-state index contributed by atoms with van der Waals surface area (Å²) >= 11 is 1.39. The standard InChI is InChI=1S/C20H21F3N6OS/c1-25-15-13(5-2-6-20(15,22)23)27-18-12(21)8-11(16(24)30)17(29-18)28-14-9-31-19-10(14)4-3-7-26-19/h3-4,7-9,13,15,25H,2,5-6H2,1H3,(H2,24,30)(H2,27,28,29)/t13?,15-/m1/s1. The van der Waals surface area contributed by atoms with Gasteiger partial charge in [-0.25, -0.2) is 23.1 Å². The number of hydrogen-bond donors (Lipinski definition) is 4. The molecule has 1 aliphatic rings. The lowest BCUT2D eigenvalue weighted by Crippen LogP contribution is -2.56. The molecule has 164 valence electrons. The maximum absolute atomic E-state index is 14.7. The molecular formula is C20H21F3N6OS. The molecule has 1 unspecified atom stereocenters. The van der Waals surface area contributed by atoms with Gasteiger partial charge >= 0.3 is 0 Å². The van der Waals surface area contributed by atoms with Crippen molar-refractivity contribution < 1.29 is 18.0 Å². The predicted octanol–water partition coefficient (Wildman–Crippen LogP) is 3.86. The zero-order valence-electron chi connectivity index (χ0n) is 16.6. The Balaban J connectivity index is 1.69. The zero-order chi connectivity index (χ0) is 22.2. The summed E-state index contributed by atoms with van der Waals surface area (Å²) in [5.74, 6) is -4.84. The molecule has 1 saturated carbocycles. The Morgan fingerprint density at radius 1 is 1.35 bits per heavy atom. The number of hydrogen-bond acceptors (Lipinski definition) is 7. The van der Waals surface area contributed by atoms with Gasteiger partial charge in [0.15, 0.2) is 11.6 Å². The fourth-order valence-corrected chi connectivity index (χ4v) is 4.73. The topological polar surface area (TPSA) is 105 Å². The summed E-state index contributed by atoms with van der Waals surface area (Å²) in [5.41, 5.74) is 5.89. The van der Waals surface area contributed by atoms with Crippen molar-refractivity contribution in [2.24, 2.45) is 5.73 Å². The minimum atomic E-state index is -2.93. The molecule has 2 atom stereocenters. The fourth-order valence-electron chi connectivity index (χ4n) is 3.88. The number of amides is 1. The van der Waals surface area contributed by atoms with E-state index in [1.165, 1.54) is 18.4 Å². The van der Waals surface area contributed by atoms with Gasteiger partial charge in [-0.1, -0.05) is 0 Å². The highest BCUT2D eigenvalue weighted by molar-refractivity contribution is 7.17. The highest BCUT2D eigenvalue weighted by Gasteiger charge is 2.46. The monoisotopic (exact) mass is 450 g/mol. The van der Waals surface area contributed by atoms with E-state index in [0.717, 1.165) is 16.3 Å². The van der Waals surface area contributed by atoms with Crippen LogP contribution >= 0.6 is 11.3 Å². The molecule has 0 bridgehead atoms. The molecule has 0 aliphatic heterocycles. The number of carbonyl (C=O) groups excluding carboxylic acids is 1. The summed E-state index contributed by atoms with van der Waals surface area (Å²) in [6.45, 7) is 0. The summed E-state index contributed by atoms with van der Waals surface area (Å²) in [6, 6.07) is 2.65. The molecule has 4 rings (SSSR count). The molecule has 1 fully saturated rings. The number of halogens is 3. The molecule has 5 N–H and O–H groups in total. The van der Waals surface area contributed by atoms with Crippen molar-refractivity contribution in [2.75, 3.05) is 17.7 Å². The van der Waals surface area contributed by atoms with E-state index in [0.29, 0.717) is 18.5 Å². The first-order chi connectivity index (χ1) is 14.8. The molecule has 3 heterocycles. The first-order valence-corrected chi connectivity index (χ1v) is 10.6. The van der Waals surface area contributed by atoms with Crippen molar-refractivity contribution in [1.29, 1.82) is 0 Å². The van der Waals surface area contributed by atoms with Gasteiger partial charge in [-0.2, -0.15) is 0 Å². The van der Waals surface area contributed by atoms with E-state index in [2.05, 4.69) is 25.9 Å². The maximum Gasteiger partial charge on any atom is 0.265 e. The summed E-state index contributed by atoms with van der Waals surface area (Å²) in [6.07, 6.45) is 2.14. The van der Waals surface area contributed by atoms with Crippen LogP contribution in [-0.4, -0.2) is 40.9 Å². The molecule has 31 heavy (non-hydrogen) atoms. The Kier molecular flexibility index (Phi) is 5.71. The Hall–Kier alpha value is -2.92. The molecule has 1 aliphatic carbocycles. The summed E-state index contributed by atoms with van der Waals surface area (Å²) in [5, 5.41) is 11.0. The molecule has 3 aromatic heterocycles. The van der Waals surface area contributed by atoms with Gasteiger partial charge in [0.05, 0.1) is 17.3 Å². The molecule has 0 radical (unpaired) electrons. The molecule has 0 spiro atoms. The number of likely N-dealkylation sites (N-methyl/N-ethyl adjacent to an activating group) is 1. The first-order valence-electron chi connectivity index (χ1n) is 9.71. The predicted molar refractivity (Wildman–Crippen MR) is 115 cm³/mol. The first kappa shape index (κ1) is 21.3. The Morgan fingerprint density at radius 3 is 2.90 bits per heavy atom. The SMILES string of the molecule is CN[C@@H]1C(Nc2nc(Nc3csc4ncccc34)c(C(N)=O)cc2F)CCCC1(F)F. The van der Waals surface area contributed by atoms with Gasteiger partial charge in [0, 0.05) is 29.4 Å². The molecule has 0 aromatic carbocycles. The second-order valence-corrected chi connectivity index (χ2v) is 8.24. The van der Waals surface area contributed by atoms with Crippen LogP contribution in [0.3, 0.4) is 0 Å².